The van der Waals surface area contributed by atoms with Crippen molar-refractivity contribution in [3.63, 3.8) is 0 Å². The highest BCUT2D eigenvalue weighted by Crippen LogP contribution is 2.26. The predicted molar refractivity (Wildman–Crippen MR) is 141 cm³/mol. The molecule has 4 nitrogen and oxygen atoms in total. The summed E-state index contributed by atoms with van der Waals surface area (Å²) in [4.78, 5) is -2.38. The van der Waals surface area contributed by atoms with Gasteiger partial charge in [0.2, 0.25) is 5.82 Å². The third kappa shape index (κ3) is 13.2. The molecule has 0 heterocycles. The van der Waals surface area contributed by atoms with Crippen LogP contribution in [0.15, 0.2) is 4.90 Å². The lowest BCUT2D eigenvalue weighted by atomic mass is 10.1. The minimum Gasteiger partial charge on any atom is -0.744 e. The molecule has 10 heteroatoms. The lowest BCUT2D eigenvalue weighted by molar-refractivity contribution is -0.929. The summed E-state index contributed by atoms with van der Waals surface area (Å²) in [7, 11) is -5.77. The van der Waals surface area contributed by atoms with Crippen molar-refractivity contribution in [3.8, 4) is 0 Å². The molecule has 0 aliphatic rings. The first-order chi connectivity index (χ1) is 17.9. The van der Waals surface area contributed by atoms with Gasteiger partial charge in [-0.3, -0.25) is 0 Å². The summed E-state index contributed by atoms with van der Waals surface area (Å²) in [6.45, 7) is 15.1. The van der Waals surface area contributed by atoms with Crippen LogP contribution in [0.25, 0.3) is 0 Å². The van der Waals surface area contributed by atoms with Crippen molar-refractivity contribution < 1.29 is 39.4 Å². The fraction of sp³-hybridized carbons (Fsp3) is 0.786. The summed E-state index contributed by atoms with van der Waals surface area (Å²) in [6.07, 6.45) is 19.9. The molecule has 0 amide bonds. The van der Waals surface area contributed by atoms with E-state index in [-0.39, 0.29) is 0 Å². The smallest absolute Gasteiger partial charge is 0.200 e. The fourth-order valence-electron chi connectivity index (χ4n) is 4.54. The van der Waals surface area contributed by atoms with Crippen LogP contribution in [0.5, 0.6) is 0 Å². The molecule has 0 aliphatic heterocycles. The van der Waals surface area contributed by atoms with Gasteiger partial charge in [-0.25, -0.2) is 30.4 Å². The van der Waals surface area contributed by atoms with Crippen LogP contribution in [0.3, 0.4) is 0 Å². The predicted octanol–water partition coefficient (Wildman–Crippen LogP) is 8.63. The maximum Gasteiger partial charge on any atom is 0.200 e. The summed E-state index contributed by atoms with van der Waals surface area (Å²) in [6, 6.07) is 0. The molecule has 224 valence electrons. The molecule has 0 N–H and O–H groups in total. The maximum absolute atomic E-state index is 12.6. The Kier molecular flexibility index (Phi) is 19.1. The second-order valence-electron chi connectivity index (χ2n) is 10.1. The van der Waals surface area contributed by atoms with Gasteiger partial charge in [0.25, 0.3) is 0 Å². The van der Waals surface area contributed by atoms with E-state index in [0.717, 1.165) is 0 Å². The van der Waals surface area contributed by atoms with E-state index in [1.807, 2.05) is 0 Å². The van der Waals surface area contributed by atoms with Gasteiger partial charge in [-0.1, -0.05) is 85.5 Å². The maximum atomic E-state index is 12.6. The Labute approximate surface area is 227 Å². The summed E-state index contributed by atoms with van der Waals surface area (Å²) < 4.78 is 94.3. The second kappa shape index (κ2) is 19.7. The number of hydrogen-bond donors (Lipinski definition) is 0. The van der Waals surface area contributed by atoms with Gasteiger partial charge in [-0.2, -0.15) is 0 Å². The Morgan fingerprint density at radius 3 is 1.13 bits per heavy atom. The summed E-state index contributed by atoms with van der Waals surface area (Å²) >= 11 is 0. The molecule has 0 spiro atoms. The van der Waals surface area contributed by atoms with Gasteiger partial charge >= 0.3 is 0 Å². The Morgan fingerprint density at radius 1 is 0.500 bits per heavy atom. The Balaban J connectivity index is 0.000000784. The number of rotatable bonds is 19. The first-order valence-electron chi connectivity index (χ1n) is 14.2. The van der Waals surface area contributed by atoms with Crippen molar-refractivity contribution in [2.24, 2.45) is 0 Å². The van der Waals surface area contributed by atoms with E-state index in [2.05, 4.69) is 27.7 Å². The van der Waals surface area contributed by atoms with Gasteiger partial charge in [-0.15, -0.1) is 0 Å². The van der Waals surface area contributed by atoms with Crippen molar-refractivity contribution >= 4 is 10.1 Å². The number of unbranched alkanes of at least 4 members (excludes halogenated alkanes) is 10. The highest BCUT2D eigenvalue weighted by atomic mass is 32.2. The molecule has 0 unspecified atom stereocenters. The first kappa shape index (κ1) is 36.7. The number of hydrogen-bond acceptors (Lipinski definition) is 3. The first-order valence-corrected chi connectivity index (χ1v) is 15.7. The zero-order chi connectivity index (χ0) is 29.2. The average molecular weight is 574 g/mol. The molecule has 0 saturated heterocycles. The molecule has 0 aliphatic carbocycles. The van der Waals surface area contributed by atoms with Gasteiger partial charge in [0.15, 0.2) is 23.3 Å². The van der Waals surface area contributed by atoms with Gasteiger partial charge in [0, 0.05) is 0 Å². The van der Waals surface area contributed by atoms with Crippen LogP contribution < -0.4 is 0 Å². The molecule has 38 heavy (non-hydrogen) atoms. The zero-order valence-corrected chi connectivity index (χ0v) is 24.5. The van der Waals surface area contributed by atoms with Crippen molar-refractivity contribution in [1.29, 1.82) is 0 Å². The van der Waals surface area contributed by atoms with E-state index in [1.54, 1.807) is 0 Å². The zero-order valence-electron chi connectivity index (χ0n) is 23.7. The van der Waals surface area contributed by atoms with E-state index in [4.69, 9.17) is 0 Å². The third-order valence-electron chi connectivity index (χ3n) is 6.86. The largest absolute Gasteiger partial charge is 0.744 e. The van der Waals surface area contributed by atoms with Crippen LogP contribution in [-0.4, -0.2) is 43.6 Å². The quantitative estimate of drug-likeness (QED) is 0.0416. The normalized spacial score (nSPS) is 11.9. The second-order valence-corrected chi connectivity index (χ2v) is 11.4. The minimum atomic E-state index is -5.77. The lowest BCUT2D eigenvalue weighted by Gasteiger charge is -2.39. The molecule has 0 radical (unpaired) electrons. The van der Waals surface area contributed by atoms with E-state index < -0.39 is 44.1 Å². The van der Waals surface area contributed by atoms with Crippen molar-refractivity contribution in [2.75, 3.05) is 26.2 Å². The van der Waals surface area contributed by atoms with Crippen LogP contribution >= 0.6 is 0 Å². The van der Waals surface area contributed by atoms with E-state index in [0.29, 0.717) is 0 Å². The van der Waals surface area contributed by atoms with Crippen LogP contribution in [0, 0.1) is 29.1 Å². The lowest BCUT2D eigenvalue weighted by Crippen LogP contribution is -2.50. The van der Waals surface area contributed by atoms with Crippen molar-refractivity contribution in [1.82, 2.24) is 0 Å². The molecule has 0 saturated carbocycles. The van der Waals surface area contributed by atoms with Gasteiger partial charge < -0.3 is 9.04 Å². The molecule has 1 rings (SSSR count). The number of quaternary nitrogens is 1. The highest BCUT2D eigenvalue weighted by Gasteiger charge is 2.29. The minimum absolute atomic E-state index is 1.36. The van der Waals surface area contributed by atoms with Crippen molar-refractivity contribution in [2.45, 2.75) is 122 Å². The van der Waals surface area contributed by atoms with Crippen LogP contribution in [0.1, 0.15) is 118 Å². The van der Waals surface area contributed by atoms with Crippen LogP contribution in [-0.2, 0) is 10.1 Å². The molecular formula is C28H48F5NO3S. The van der Waals surface area contributed by atoms with Gasteiger partial charge in [0.05, 0.1) is 26.2 Å². The van der Waals surface area contributed by atoms with Gasteiger partial charge in [-0.05, 0) is 32.1 Å². The summed E-state index contributed by atoms with van der Waals surface area (Å²) in [5.74, 6) is -12.8. The molecular weight excluding hydrogens is 525 g/mol. The number of nitrogens with zero attached hydrogens (tertiary/aromatic N) is 1. The molecule has 1 aromatic rings. The van der Waals surface area contributed by atoms with Crippen molar-refractivity contribution in [3.05, 3.63) is 29.1 Å². The standard InChI is InChI=1S/C22H48N.C6HF5O3S/c1-5-9-13-14-15-16-17-18-22-23(19-10-6-2,20-11-7-3)21-12-8-4;7-1-2(8)4(10)6(15(12,13)14)5(11)3(1)9/h5-22H2,1-4H3;(H,12,13,14)/q+1;/p-1. The Bertz CT molecular complexity index is 846. The molecule has 0 aromatic heterocycles. The Hall–Kier alpha value is -1.26. The van der Waals surface area contributed by atoms with Crippen LogP contribution in [0.4, 0.5) is 22.0 Å². The Morgan fingerprint density at radius 2 is 0.789 bits per heavy atom. The topological polar surface area (TPSA) is 57.2 Å². The van der Waals surface area contributed by atoms with Gasteiger partial charge in [0.1, 0.15) is 15.0 Å². The SMILES string of the molecule is CCCCCCCCCC[N+](CCCC)(CCCC)CCCC.O=S(=O)([O-])c1c(F)c(F)c(F)c(F)c1F. The number of halogens is 5. The molecule has 1 aromatic carbocycles. The summed E-state index contributed by atoms with van der Waals surface area (Å²) in [5.41, 5.74) is 0. The number of benzene rings is 1. The molecule has 0 fully saturated rings. The average Bonchev–Trinajstić information content (AvgIpc) is 2.88. The van der Waals surface area contributed by atoms with E-state index in [1.165, 1.54) is 121 Å². The van der Waals surface area contributed by atoms with E-state index in [9.17, 15) is 34.9 Å². The third-order valence-corrected chi connectivity index (χ3v) is 7.72. The molecule has 0 bridgehead atoms. The highest BCUT2D eigenvalue weighted by molar-refractivity contribution is 7.85. The molecule has 0 atom stereocenters. The van der Waals surface area contributed by atoms with E-state index >= 15 is 0 Å². The van der Waals surface area contributed by atoms with Crippen LogP contribution in [0.2, 0.25) is 0 Å². The monoisotopic (exact) mass is 573 g/mol. The fourth-order valence-corrected chi connectivity index (χ4v) is 5.15. The summed E-state index contributed by atoms with van der Waals surface area (Å²) in [5, 5.41) is 0.